The van der Waals surface area contributed by atoms with Crippen LogP contribution < -0.4 is 10.6 Å². The fourth-order valence-electron chi connectivity index (χ4n) is 3.52. The molecule has 1 heterocycles. The lowest BCUT2D eigenvalue weighted by Gasteiger charge is -2.31. The lowest BCUT2D eigenvalue weighted by atomic mass is 9.79. The van der Waals surface area contributed by atoms with Crippen molar-refractivity contribution in [3.8, 4) is 0 Å². The van der Waals surface area contributed by atoms with Crippen molar-refractivity contribution in [3.63, 3.8) is 0 Å². The minimum atomic E-state index is -0.201. The summed E-state index contributed by atoms with van der Waals surface area (Å²) in [4.78, 5) is 12.3. The molecule has 22 heavy (non-hydrogen) atoms. The number of hydrogen-bond acceptors (Lipinski definition) is 3. The zero-order valence-corrected chi connectivity index (χ0v) is 13.7. The van der Waals surface area contributed by atoms with Gasteiger partial charge >= 0.3 is 0 Å². The molecule has 3 rings (SSSR count). The van der Waals surface area contributed by atoms with Gasteiger partial charge in [-0.3, -0.25) is 4.79 Å². The van der Waals surface area contributed by atoms with Crippen LogP contribution in [0.3, 0.4) is 0 Å². The Balaban J connectivity index is 0.00000176. The van der Waals surface area contributed by atoms with Gasteiger partial charge in [-0.15, -0.1) is 12.4 Å². The van der Waals surface area contributed by atoms with Gasteiger partial charge in [0.15, 0.2) is 0 Å². The van der Waals surface area contributed by atoms with Crippen LogP contribution in [0.2, 0.25) is 0 Å². The molecule has 4 nitrogen and oxygen atoms in total. The van der Waals surface area contributed by atoms with Crippen molar-refractivity contribution < 1.29 is 9.53 Å². The molecule has 1 amide bonds. The quantitative estimate of drug-likeness (QED) is 0.891. The molecule has 1 saturated heterocycles. The zero-order chi connectivity index (χ0) is 14.5. The number of amides is 1. The van der Waals surface area contributed by atoms with Gasteiger partial charge in [0.2, 0.25) is 5.91 Å². The SMILES string of the molecule is Cl.O=C(NCC1(c2ccccc2)CCCC1)C1COCCN1. The highest BCUT2D eigenvalue weighted by Crippen LogP contribution is 2.40. The number of nitrogens with one attached hydrogen (secondary N) is 2. The van der Waals surface area contributed by atoms with Gasteiger partial charge in [-0.25, -0.2) is 0 Å². The van der Waals surface area contributed by atoms with E-state index in [0.29, 0.717) is 13.2 Å². The van der Waals surface area contributed by atoms with Crippen LogP contribution in [0.4, 0.5) is 0 Å². The molecule has 1 unspecified atom stereocenters. The highest BCUT2D eigenvalue weighted by molar-refractivity contribution is 5.85. The van der Waals surface area contributed by atoms with Crippen molar-refractivity contribution in [2.75, 3.05) is 26.3 Å². The monoisotopic (exact) mass is 324 g/mol. The first kappa shape index (κ1) is 17.3. The van der Waals surface area contributed by atoms with Gasteiger partial charge in [-0.1, -0.05) is 43.2 Å². The second-order valence-electron chi connectivity index (χ2n) is 6.15. The summed E-state index contributed by atoms with van der Waals surface area (Å²) in [7, 11) is 0. The fraction of sp³-hybridized carbons (Fsp3) is 0.588. The van der Waals surface area contributed by atoms with Crippen LogP contribution in [0.1, 0.15) is 31.2 Å². The van der Waals surface area contributed by atoms with Gasteiger partial charge in [-0.05, 0) is 18.4 Å². The summed E-state index contributed by atoms with van der Waals surface area (Å²) in [6.07, 6.45) is 4.81. The first-order valence-electron chi connectivity index (χ1n) is 7.95. The third-order valence-corrected chi connectivity index (χ3v) is 4.79. The Morgan fingerprint density at radius 3 is 2.64 bits per heavy atom. The van der Waals surface area contributed by atoms with E-state index in [4.69, 9.17) is 4.74 Å². The van der Waals surface area contributed by atoms with E-state index in [1.807, 2.05) is 6.07 Å². The van der Waals surface area contributed by atoms with E-state index in [1.54, 1.807) is 0 Å². The van der Waals surface area contributed by atoms with Crippen molar-refractivity contribution in [1.82, 2.24) is 10.6 Å². The molecule has 0 radical (unpaired) electrons. The number of hydrogen-bond donors (Lipinski definition) is 2. The van der Waals surface area contributed by atoms with Crippen LogP contribution in [0.25, 0.3) is 0 Å². The van der Waals surface area contributed by atoms with Crippen LogP contribution >= 0.6 is 12.4 Å². The molecule has 1 aromatic rings. The second kappa shape index (κ2) is 7.95. The number of rotatable bonds is 4. The smallest absolute Gasteiger partial charge is 0.239 e. The minimum Gasteiger partial charge on any atom is -0.378 e. The molecular weight excluding hydrogens is 300 g/mol. The molecule has 0 spiro atoms. The predicted octanol–water partition coefficient (Wildman–Crippen LogP) is 2.02. The maximum Gasteiger partial charge on any atom is 0.239 e. The van der Waals surface area contributed by atoms with Gasteiger partial charge in [0.05, 0.1) is 13.2 Å². The average Bonchev–Trinajstić information content (AvgIpc) is 3.04. The minimum absolute atomic E-state index is 0. The van der Waals surface area contributed by atoms with E-state index >= 15 is 0 Å². The molecular formula is C17H25ClN2O2. The van der Waals surface area contributed by atoms with Crippen molar-refractivity contribution >= 4 is 18.3 Å². The summed E-state index contributed by atoms with van der Waals surface area (Å²) < 4.78 is 5.36. The molecule has 122 valence electrons. The summed E-state index contributed by atoms with van der Waals surface area (Å²) in [5.74, 6) is 0.0666. The normalized spacial score (nSPS) is 23.5. The summed E-state index contributed by atoms with van der Waals surface area (Å²) in [6.45, 7) is 2.65. The number of ether oxygens (including phenoxy) is 1. The first-order chi connectivity index (χ1) is 10.3. The van der Waals surface area contributed by atoms with E-state index < -0.39 is 0 Å². The van der Waals surface area contributed by atoms with Crippen molar-refractivity contribution in [2.45, 2.75) is 37.1 Å². The molecule has 2 fully saturated rings. The van der Waals surface area contributed by atoms with Crippen LogP contribution in [0.15, 0.2) is 30.3 Å². The van der Waals surface area contributed by atoms with Gasteiger partial charge < -0.3 is 15.4 Å². The summed E-state index contributed by atoms with van der Waals surface area (Å²) in [6, 6.07) is 10.4. The first-order valence-corrected chi connectivity index (χ1v) is 7.95. The summed E-state index contributed by atoms with van der Waals surface area (Å²) in [5.41, 5.74) is 1.47. The summed E-state index contributed by atoms with van der Waals surface area (Å²) in [5, 5.41) is 6.36. The molecule has 1 aliphatic heterocycles. The highest BCUT2D eigenvalue weighted by atomic mass is 35.5. The Labute approximate surface area is 138 Å². The van der Waals surface area contributed by atoms with Crippen LogP contribution in [-0.2, 0) is 14.9 Å². The summed E-state index contributed by atoms with van der Waals surface area (Å²) >= 11 is 0. The molecule has 1 aromatic carbocycles. The largest absolute Gasteiger partial charge is 0.378 e. The third kappa shape index (κ3) is 3.80. The average molecular weight is 325 g/mol. The molecule has 1 saturated carbocycles. The molecule has 0 aromatic heterocycles. The van der Waals surface area contributed by atoms with Gasteiger partial charge in [0.1, 0.15) is 6.04 Å². The number of carbonyl (C=O) groups excluding carboxylic acids is 1. The second-order valence-corrected chi connectivity index (χ2v) is 6.15. The standard InChI is InChI=1S/C17H24N2O2.ClH/c20-16(15-12-21-11-10-18-15)19-13-17(8-4-5-9-17)14-6-2-1-3-7-14;/h1-3,6-7,15,18H,4-5,8-13H2,(H,19,20);1H. The Morgan fingerprint density at radius 2 is 2.00 bits per heavy atom. The van der Waals surface area contributed by atoms with E-state index in [0.717, 1.165) is 25.9 Å². The lowest BCUT2D eigenvalue weighted by molar-refractivity contribution is -0.126. The van der Waals surface area contributed by atoms with Crippen LogP contribution in [0, 0.1) is 0 Å². The maximum atomic E-state index is 12.3. The van der Waals surface area contributed by atoms with Gasteiger partial charge in [0, 0.05) is 18.5 Å². The number of carbonyl (C=O) groups is 1. The Bertz CT molecular complexity index is 469. The number of halogens is 1. The Kier molecular flexibility index (Phi) is 6.24. The predicted molar refractivity (Wildman–Crippen MR) is 89.5 cm³/mol. The van der Waals surface area contributed by atoms with E-state index in [9.17, 15) is 4.79 Å². The van der Waals surface area contributed by atoms with Gasteiger partial charge in [-0.2, -0.15) is 0 Å². The number of benzene rings is 1. The molecule has 5 heteroatoms. The zero-order valence-electron chi connectivity index (χ0n) is 12.8. The molecule has 2 N–H and O–H groups in total. The van der Waals surface area contributed by atoms with Crippen LogP contribution in [0.5, 0.6) is 0 Å². The molecule has 1 aliphatic carbocycles. The van der Waals surface area contributed by atoms with Crippen molar-refractivity contribution in [3.05, 3.63) is 35.9 Å². The van der Waals surface area contributed by atoms with Gasteiger partial charge in [0.25, 0.3) is 0 Å². The maximum absolute atomic E-state index is 12.3. The number of morpholine rings is 1. The van der Waals surface area contributed by atoms with Crippen molar-refractivity contribution in [2.24, 2.45) is 0 Å². The fourth-order valence-corrected chi connectivity index (χ4v) is 3.52. The Hall–Kier alpha value is -1.10. The van der Waals surface area contributed by atoms with Crippen LogP contribution in [-0.4, -0.2) is 38.3 Å². The van der Waals surface area contributed by atoms with E-state index in [-0.39, 0.29) is 29.8 Å². The molecule has 2 aliphatic rings. The van der Waals surface area contributed by atoms with E-state index in [2.05, 4.69) is 34.9 Å². The third-order valence-electron chi connectivity index (χ3n) is 4.79. The van der Waals surface area contributed by atoms with E-state index in [1.165, 1.54) is 18.4 Å². The molecule has 1 atom stereocenters. The van der Waals surface area contributed by atoms with Crippen molar-refractivity contribution in [1.29, 1.82) is 0 Å². The molecule has 0 bridgehead atoms. The lowest BCUT2D eigenvalue weighted by Crippen LogP contribution is -2.53. The topological polar surface area (TPSA) is 50.4 Å². The highest BCUT2D eigenvalue weighted by Gasteiger charge is 2.36. The Morgan fingerprint density at radius 1 is 1.27 bits per heavy atom.